The van der Waals surface area contributed by atoms with E-state index >= 15 is 0 Å². The predicted molar refractivity (Wildman–Crippen MR) is 79.4 cm³/mol. The Balaban J connectivity index is 2.72. The van der Waals surface area contributed by atoms with Crippen LogP contribution in [0.1, 0.15) is 43.8 Å². The van der Waals surface area contributed by atoms with E-state index in [0.717, 1.165) is 10.3 Å². The molecule has 0 bridgehead atoms. The number of carbonyl (C=O) groups is 1. The lowest BCUT2D eigenvalue weighted by Gasteiger charge is -2.25. The van der Waals surface area contributed by atoms with E-state index in [1.165, 1.54) is 12.0 Å². The summed E-state index contributed by atoms with van der Waals surface area (Å²) in [4.78, 5) is 12.7. The Bertz CT molecular complexity index is 702. The highest BCUT2D eigenvalue weighted by Gasteiger charge is 2.43. The summed E-state index contributed by atoms with van der Waals surface area (Å²) in [5, 5.41) is 13.6. The third-order valence-corrected chi connectivity index (χ3v) is 4.54. The molecule has 0 radical (unpaired) electrons. The van der Waals surface area contributed by atoms with Crippen molar-refractivity contribution >= 4 is 16.1 Å². The Morgan fingerprint density at radius 2 is 2.05 bits per heavy atom. The number of amides is 1. The lowest BCUT2D eigenvalue weighted by molar-refractivity contribution is 0.0846. The van der Waals surface area contributed by atoms with E-state index in [0.29, 0.717) is 17.0 Å². The molecule has 0 saturated carbocycles. The number of nitrogens with zero attached hydrogens (tertiary/aromatic N) is 3. The summed E-state index contributed by atoms with van der Waals surface area (Å²) < 4.78 is 30.0. The minimum Gasteiger partial charge on any atom is -0.465 e. The maximum Gasteiger partial charge on any atom is 0.408 e. The largest absolute Gasteiger partial charge is 0.465 e. The molecule has 0 aromatic carbocycles. The van der Waals surface area contributed by atoms with Gasteiger partial charge in [0.05, 0.1) is 36.8 Å². The third kappa shape index (κ3) is 2.70. The van der Waals surface area contributed by atoms with Crippen LogP contribution in [0.25, 0.3) is 0 Å². The van der Waals surface area contributed by atoms with Crippen LogP contribution in [-0.4, -0.2) is 53.7 Å². The minimum atomic E-state index is -3.61. The van der Waals surface area contributed by atoms with E-state index in [-0.39, 0.29) is 13.2 Å². The molecule has 0 fully saturated rings. The average Bonchev–Trinajstić information content (AvgIpc) is 2.85. The van der Waals surface area contributed by atoms with Gasteiger partial charge in [-0.2, -0.15) is 9.19 Å². The lowest BCUT2D eigenvalue weighted by atomic mass is 9.87. The number of ether oxygens (including phenoxy) is 1. The molecule has 22 heavy (non-hydrogen) atoms. The first kappa shape index (κ1) is 16.8. The van der Waals surface area contributed by atoms with Crippen LogP contribution >= 0.6 is 0 Å². The highest BCUT2D eigenvalue weighted by Crippen LogP contribution is 2.40. The Morgan fingerprint density at radius 3 is 2.45 bits per heavy atom. The smallest absolute Gasteiger partial charge is 0.408 e. The van der Waals surface area contributed by atoms with Crippen LogP contribution in [-0.2, 0) is 26.7 Å². The summed E-state index contributed by atoms with van der Waals surface area (Å²) in [6.45, 7) is 5.87. The van der Waals surface area contributed by atoms with Crippen LogP contribution in [0.2, 0.25) is 0 Å². The predicted octanol–water partition coefficient (Wildman–Crippen LogP) is 1.17. The second-order valence-electron chi connectivity index (χ2n) is 6.45. The van der Waals surface area contributed by atoms with Crippen molar-refractivity contribution in [3.05, 3.63) is 17.0 Å². The highest BCUT2D eigenvalue weighted by molar-refractivity contribution is 7.89. The molecule has 8 nitrogen and oxygen atoms in total. The first-order valence-electron chi connectivity index (χ1n) is 6.79. The molecule has 9 heteroatoms. The highest BCUT2D eigenvalue weighted by atomic mass is 32.2. The SMILES string of the molecule is COCC1c2c(C(C)(C)C)nn(S(C)(=O)=O)c2CN1C(=O)O. The van der Waals surface area contributed by atoms with Crippen LogP contribution in [0.5, 0.6) is 0 Å². The summed E-state index contributed by atoms with van der Waals surface area (Å²) in [5.41, 5.74) is 1.21. The van der Waals surface area contributed by atoms with Crippen molar-refractivity contribution in [3.63, 3.8) is 0 Å². The Morgan fingerprint density at radius 1 is 1.45 bits per heavy atom. The molecule has 2 rings (SSSR count). The summed E-state index contributed by atoms with van der Waals surface area (Å²) in [5.74, 6) is 0. The molecular formula is C13H21N3O5S. The molecule has 1 unspecified atom stereocenters. The van der Waals surface area contributed by atoms with E-state index < -0.39 is 27.6 Å². The van der Waals surface area contributed by atoms with Crippen LogP contribution in [0, 0.1) is 0 Å². The first-order valence-corrected chi connectivity index (χ1v) is 8.64. The average molecular weight is 331 g/mol. The second-order valence-corrected chi connectivity index (χ2v) is 8.26. The standard InChI is InChI=1S/C13H21N3O5S/c1-13(2,3)11-10-8(16(14-11)22(5,19)20)6-15(12(17)18)9(10)7-21-4/h9H,6-7H2,1-5H3,(H,17,18). The van der Waals surface area contributed by atoms with E-state index in [1.807, 2.05) is 20.8 Å². The van der Waals surface area contributed by atoms with E-state index in [4.69, 9.17) is 4.74 Å². The van der Waals surface area contributed by atoms with Gasteiger partial charge in [-0.05, 0) is 0 Å². The van der Waals surface area contributed by atoms with Gasteiger partial charge in [0.25, 0.3) is 10.0 Å². The summed E-state index contributed by atoms with van der Waals surface area (Å²) >= 11 is 0. The van der Waals surface area contributed by atoms with Crippen LogP contribution < -0.4 is 0 Å². The fraction of sp³-hybridized carbons (Fsp3) is 0.692. The second kappa shape index (κ2) is 5.24. The van der Waals surface area contributed by atoms with Gasteiger partial charge >= 0.3 is 6.09 Å². The van der Waals surface area contributed by atoms with Crippen molar-refractivity contribution in [1.29, 1.82) is 0 Å². The maximum absolute atomic E-state index is 12.0. The molecule has 124 valence electrons. The lowest BCUT2D eigenvalue weighted by Crippen LogP contribution is -2.32. The molecule has 2 heterocycles. The zero-order valence-electron chi connectivity index (χ0n) is 13.3. The minimum absolute atomic E-state index is 0.0190. The maximum atomic E-state index is 12.0. The summed E-state index contributed by atoms with van der Waals surface area (Å²) in [7, 11) is -2.13. The van der Waals surface area contributed by atoms with Gasteiger partial charge in [-0.1, -0.05) is 20.8 Å². The van der Waals surface area contributed by atoms with Crippen molar-refractivity contribution in [2.75, 3.05) is 20.0 Å². The van der Waals surface area contributed by atoms with Gasteiger partial charge in [0, 0.05) is 18.1 Å². The molecule has 1 aliphatic rings. The number of hydrogen-bond donors (Lipinski definition) is 1. The normalized spacial score (nSPS) is 18.6. The van der Waals surface area contributed by atoms with Gasteiger partial charge in [0.2, 0.25) is 0 Å². The topological polar surface area (TPSA) is 102 Å². The molecule has 0 saturated heterocycles. The van der Waals surface area contributed by atoms with Crippen molar-refractivity contribution in [1.82, 2.24) is 14.1 Å². The molecule has 0 aliphatic carbocycles. The number of methoxy groups -OCH3 is 1. The van der Waals surface area contributed by atoms with E-state index in [9.17, 15) is 18.3 Å². The quantitative estimate of drug-likeness (QED) is 0.892. The zero-order chi connectivity index (χ0) is 16.9. The van der Waals surface area contributed by atoms with Gasteiger partial charge in [0.1, 0.15) is 0 Å². The first-order chi connectivity index (χ1) is 9.98. The van der Waals surface area contributed by atoms with Gasteiger partial charge in [-0.15, -0.1) is 0 Å². The van der Waals surface area contributed by atoms with Gasteiger partial charge in [0.15, 0.2) is 0 Å². The van der Waals surface area contributed by atoms with Crippen molar-refractivity contribution in [2.24, 2.45) is 0 Å². The molecule has 1 N–H and O–H groups in total. The monoisotopic (exact) mass is 331 g/mol. The van der Waals surface area contributed by atoms with Gasteiger partial charge in [-0.3, -0.25) is 4.90 Å². The van der Waals surface area contributed by atoms with E-state index in [2.05, 4.69) is 5.10 Å². The molecule has 1 amide bonds. The number of rotatable bonds is 3. The number of carboxylic acid groups (broad SMARTS) is 1. The summed E-state index contributed by atoms with van der Waals surface area (Å²) in [6, 6.07) is -0.553. The summed E-state index contributed by atoms with van der Waals surface area (Å²) in [6.07, 6.45) is -0.0558. The van der Waals surface area contributed by atoms with E-state index in [1.54, 1.807) is 0 Å². The number of hydrogen-bond acceptors (Lipinski definition) is 5. The number of aromatic nitrogens is 2. The third-order valence-electron chi connectivity index (χ3n) is 3.61. The molecule has 0 spiro atoms. The molecule has 1 aromatic rings. The Hall–Kier alpha value is -1.61. The molecular weight excluding hydrogens is 310 g/mol. The molecule has 1 atom stereocenters. The fourth-order valence-corrected chi connectivity index (χ4v) is 3.51. The van der Waals surface area contributed by atoms with Gasteiger partial charge < -0.3 is 9.84 Å². The Labute approximate surface area is 129 Å². The van der Waals surface area contributed by atoms with Crippen molar-refractivity contribution in [2.45, 2.75) is 38.8 Å². The zero-order valence-corrected chi connectivity index (χ0v) is 14.1. The number of fused-ring (bicyclic) bond motifs is 1. The van der Waals surface area contributed by atoms with Crippen LogP contribution in [0.15, 0.2) is 0 Å². The van der Waals surface area contributed by atoms with Crippen LogP contribution in [0.4, 0.5) is 4.79 Å². The molecule has 1 aliphatic heterocycles. The molecule has 1 aromatic heterocycles. The van der Waals surface area contributed by atoms with Crippen LogP contribution in [0.3, 0.4) is 0 Å². The van der Waals surface area contributed by atoms with Crippen molar-refractivity contribution < 1.29 is 23.1 Å². The van der Waals surface area contributed by atoms with Crippen molar-refractivity contribution in [3.8, 4) is 0 Å². The fourth-order valence-electron chi connectivity index (χ4n) is 2.73. The Kier molecular flexibility index (Phi) is 3.99. The van der Waals surface area contributed by atoms with Gasteiger partial charge in [-0.25, -0.2) is 13.2 Å².